The molecule has 2 saturated heterocycles. The second kappa shape index (κ2) is 11.6. The molecule has 3 amide bonds. The second-order valence-electron chi connectivity index (χ2n) is 11.7. The van der Waals surface area contributed by atoms with Crippen molar-refractivity contribution in [1.29, 1.82) is 0 Å². The van der Waals surface area contributed by atoms with Gasteiger partial charge in [0.15, 0.2) is 0 Å². The number of carbonyl (C=O) groups is 3. The zero-order valence-electron chi connectivity index (χ0n) is 23.2. The summed E-state index contributed by atoms with van der Waals surface area (Å²) in [7, 11) is 2.04. The summed E-state index contributed by atoms with van der Waals surface area (Å²) in [5.74, 6) is -2.13. The molecular formula is C30H41ClN4O4. The van der Waals surface area contributed by atoms with Gasteiger partial charge in [-0.15, -0.1) is 0 Å². The Balaban J connectivity index is 1.40. The summed E-state index contributed by atoms with van der Waals surface area (Å²) in [6, 6.07) is 4.67. The third-order valence-electron chi connectivity index (χ3n) is 8.93. The number of likely N-dealkylation sites (tertiary alicyclic amines) is 1. The molecule has 0 radical (unpaired) electrons. The number of hydrogen-bond donors (Lipinski definition) is 2. The Bertz CT molecular complexity index is 1140. The quantitative estimate of drug-likeness (QED) is 0.426. The van der Waals surface area contributed by atoms with Crippen LogP contribution in [0.25, 0.3) is 0 Å². The van der Waals surface area contributed by atoms with E-state index in [0.29, 0.717) is 23.8 Å². The van der Waals surface area contributed by atoms with Crippen LogP contribution in [0, 0.1) is 18.8 Å². The van der Waals surface area contributed by atoms with Gasteiger partial charge in [-0.25, -0.2) is 0 Å². The van der Waals surface area contributed by atoms with Gasteiger partial charge < -0.3 is 25.2 Å². The average molecular weight is 557 g/mol. The van der Waals surface area contributed by atoms with Crippen LogP contribution in [0.5, 0.6) is 0 Å². The summed E-state index contributed by atoms with van der Waals surface area (Å²) in [6.45, 7) is 6.03. The minimum Gasteiger partial charge on any atom is -0.359 e. The van der Waals surface area contributed by atoms with Gasteiger partial charge in [0.2, 0.25) is 17.7 Å². The van der Waals surface area contributed by atoms with Crippen molar-refractivity contribution in [3.05, 3.63) is 40.9 Å². The molecule has 2 N–H and O–H groups in total. The molecule has 1 aromatic carbocycles. The summed E-state index contributed by atoms with van der Waals surface area (Å²) in [6.07, 6.45) is 10.6. The van der Waals surface area contributed by atoms with E-state index in [1.807, 2.05) is 32.2 Å². The molecule has 1 aliphatic carbocycles. The van der Waals surface area contributed by atoms with Crippen molar-refractivity contribution in [3.8, 4) is 0 Å². The average Bonchev–Trinajstić information content (AvgIpc) is 3.56. The van der Waals surface area contributed by atoms with Crippen molar-refractivity contribution in [3.63, 3.8) is 0 Å². The topological polar surface area (TPSA) is 91.0 Å². The second-order valence-corrected chi connectivity index (χ2v) is 12.1. The predicted octanol–water partition coefficient (Wildman–Crippen LogP) is 3.92. The Labute approximate surface area is 236 Å². The van der Waals surface area contributed by atoms with Gasteiger partial charge in [-0.2, -0.15) is 0 Å². The van der Waals surface area contributed by atoms with E-state index in [2.05, 4.69) is 22.5 Å². The number of halogens is 1. The van der Waals surface area contributed by atoms with Gasteiger partial charge in [0.05, 0.1) is 17.9 Å². The largest absolute Gasteiger partial charge is 0.359 e. The third kappa shape index (κ3) is 5.35. The summed E-state index contributed by atoms with van der Waals surface area (Å²) in [5.41, 5.74) is 0.343. The minimum atomic E-state index is -1.14. The number of rotatable bonds is 10. The molecule has 3 aliphatic heterocycles. The fraction of sp³-hybridized carbons (Fsp3) is 0.633. The zero-order valence-corrected chi connectivity index (χ0v) is 24.0. The van der Waals surface area contributed by atoms with Gasteiger partial charge in [-0.1, -0.05) is 62.4 Å². The van der Waals surface area contributed by atoms with E-state index in [9.17, 15) is 14.4 Å². The molecule has 5 rings (SSSR count). The van der Waals surface area contributed by atoms with Crippen LogP contribution in [0.4, 0.5) is 5.69 Å². The molecule has 2 bridgehead atoms. The molecular weight excluding hydrogens is 516 g/mol. The Morgan fingerprint density at radius 3 is 2.67 bits per heavy atom. The van der Waals surface area contributed by atoms with Crippen LogP contribution >= 0.6 is 11.6 Å². The number of unbranched alkanes of at least 4 members (excludes halogenated alkanes) is 1. The summed E-state index contributed by atoms with van der Waals surface area (Å²) < 4.78 is 6.46. The maximum absolute atomic E-state index is 14.1. The highest BCUT2D eigenvalue weighted by Gasteiger charge is 2.72. The third-order valence-corrected chi connectivity index (χ3v) is 9.34. The van der Waals surface area contributed by atoms with Crippen LogP contribution in [0.2, 0.25) is 5.02 Å². The molecule has 5 atom stereocenters. The van der Waals surface area contributed by atoms with Crippen molar-refractivity contribution in [1.82, 2.24) is 15.1 Å². The van der Waals surface area contributed by atoms with Crippen LogP contribution < -0.4 is 10.6 Å². The van der Waals surface area contributed by atoms with E-state index in [-0.39, 0.29) is 23.8 Å². The van der Waals surface area contributed by atoms with Gasteiger partial charge >= 0.3 is 0 Å². The van der Waals surface area contributed by atoms with E-state index in [4.69, 9.17) is 16.3 Å². The van der Waals surface area contributed by atoms with Crippen molar-refractivity contribution >= 4 is 35.0 Å². The first kappa shape index (κ1) is 28.1. The number of benzene rings is 1. The van der Waals surface area contributed by atoms with Crippen molar-refractivity contribution < 1.29 is 19.1 Å². The van der Waals surface area contributed by atoms with Gasteiger partial charge in [-0.3, -0.25) is 14.4 Å². The molecule has 9 heteroatoms. The number of fused-ring (bicyclic) bond motifs is 1. The SMILES string of the molecule is CCCCN(C)CCN1C(=O)C2C(C(=O)Nc3ccc(C)c(Cl)c3)C3C=CC2(O3)C1C(=O)NC1CCCCC1. The molecule has 1 aromatic rings. The van der Waals surface area contributed by atoms with Crippen LogP contribution in [0.15, 0.2) is 30.4 Å². The molecule has 1 spiro atoms. The lowest BCUT2D eigenvalue weighted by atomic mass is 9.74. The van der Waals surface area contributed by atoms with E-state index in [1.54, 1.807) is 17.0 Å². The number of ether oxygens (including phenoxy) is 1. The molecule has 4 aliphatic rings. The highest BCUT2D eigenvalue weighted by Crippen LogP contribution is 2.55. The van der Waals surface area contributed by atoms with Gasteiger partial charge in [-0.05, 0) is 57.5 Å². The summed E-state index contributed by atoms with van der Waals surface area (Å²) >= 11 is 6.28. The van der Waals surface area contributed by atoms with E-state index < -0.39 is 29.6 Å². The summed E-state index contributed by atoms with van der Waals surface area (Å²) in [4.78, 5) is 45.5. The number of amides is 3. The van der Waals surface area contributed by atoms with Crippen molar-refractivity contribution in [2.75, 3.05) is 32.0 Å². The smallest absolute Gasteiger partial charge is 0.246 e. The van der Waals surface area contributed by atoms with Crippen LogP contribution in [0.1, 0.15) is 57.4 Å². The monoisotopic (exact) mass is 556 g/mol. The first-order valence-corrected chi connectivity index (χ1v) is 14.9. The van der Waals surface area contributed by atoms with Crippen LogP contribution in [-0.2, 0) is 19.1 Å². The highest BCUT2D eigenvalue weighted by atomic mass is 35.5. The first-order chi connectivity index (χ1) is 18.7. The fourth-order valence-corrected chi connectivity index (χ4v) is 6.93. The molecule has 5 unspecified atom stereocenters. The van der Waals surface area contributed by atoms with E-state index in [1.165, 1.54) is 6.42 Å². The van der Waals surface area contributed by atoms with E-state index in [0.717, 1.165) is 50.6 Å². The van der Waals surface area contributed by atoms with Crippen LogP contribution in [-0.4, -0.2) is 78.0 Å². The summed E-state index contributed by atoms with van der Waals surface area (Å²) in [5, 5.41) is 6.75. The number of hydrogen-bond acceptors (Lipinski definition) is 5. The van der Waals surface area contributed by atoms with Crippen molar-refractivity contribution in [2.24, 2.45) is 11.8 Å². The Kier molecular flexibility index (Phi) is 8.36. The van der Waals surface area contributed by atoms with Crippen LogP contribution in [0.3, 0.4) is 0 Å². The molecule has 1 saturated carbocycles. The number of aryl methyl sites for hydroxylation is 1. The zero-order chi connectivity index (χ0) is 27.7. The van der Waals surface area contributed by atoms with Crippen molar-refractivity contribution in [2.45, 2.75) is 82.6 Å². The molecule has 212 valence electrons. The van der Waals surface area contributed by atoms with Gasteiger partial charge in [0.25, 0.3) is 0 Å². The van der Waals surface area contributed by atoms with Gasteiger partial charge in [0.1, 0.15) is 11.6 Å². The normalized spacial score (nSPS) is 29.8. The maximum atomic E-state index is 14.1. The number of likely N-dealkylation sites (N-methyl/N-ethyl adjacent to an activating group) is 1. The standard InChI is InChI=1S/C30H41ClN4O4/c1-4-5-15-34(3)16-17-35-26(28(37)32-20-9-7-6-8-10-20)30-14-13-23(39-30)24(25(30)29(35)38)27(36)33-21-12-11-19(2)22(31)18-21/h11-14,18,20,23-26H,4-10,15-17H2,1-3H3,(H,32,37)(H,33,36). The Morgan fingerprint density at radius 1 is 1.18 bits per heavy atom. The molecule has 8 nitrogen and oxygen atoms in total. The Hall–Kier alpha value is -2.42. The van der Waals surface area contributed by atoms with Gasteiger partial charge in [0, 0.05) is 29.8 Å². The number of nitrogens with zero attached hydrogens (tertiary/aromatic N) is 2. The molecule has 39 heavy (non-hydrogen) atoms. The maximum Gasteiger partial charge on any atom is 0.246 e. The first-order valence-electron chi connectivity index (χ1n) is 14.5. The number of anilines is 1. The lowest BCUT2D eigenvalue weighted by Gasteiger charge is -2.34. The molecule has 0 aromatic heterocycles. The molecule has 3 heterocycles. The molecule has 3 fully saturated rings. The number of nitrogens with one attached hydrogen (secondary N) is 2. The van der Waals surface area contributed by atoms with E-state index >= 15 is 0 Å². The fourth-order valence-electron chi connectivity index (χ4n) is 6.75. The minimum absolute atomic E-state index is 0.110. The number of carbonyl (C=O) groups excluding carboxylic acids is 3. The lowest BCUT2D eigenvalue weighted by molar-refractivity contribution is -0.141. The highest BCUT2D eigenvalue weighted by molar-refractivity contribution is 6.31. The predicted molar refractivity (Wildman–Crippen MR) is 151 cm³/mol. The lowest BCUT2D eigenvalue weighted by Crippen LogP contribution is -2.57. The Morgan fingerprint density at radius 2 is 1.95 bits per heavy atom.